The second-order valence-corrected chi connectivity index (χ2v) is 5.26. The molecular weight excluding hydrogens is 333 g/mol. The predicted octanol–water partition coefficient (Wildman–Crippen LogP) is 3.59. The number of carbonyl (C=O) groups is 1. The number of anilines is 1. The smallest absolute Gasteiger partial charge is 0.319 e. The summed E-state index contributed by atoms with van der Waals surface area (Å²) in [4.78, 5) is 23.0. The summed E-state index contributed by atoms with van der Waals surface area (Å²) < 4.78 is 12.9. The number of aromatic amines is 1. The molecule has 0 saturated carbocycles. The number of nitrogens with zero attached hydrogens (tertiary/aromatic N) is 2. The molecule has 2 heterocycles. The number of hydrogen-bond acceptors (Lipinski definition) is 3. The molecule has 0 radical (unpaired) electrons. The molecule has 3 aromatic rings. The molecule has 2 amide bonds. The molecule has 24 heavy (non-hydrogen) atoms. The van der Waals surface area contributed by atoms with Crippen LogP contribution in [-0.4, -0.2) is 21.0 Å². The van der Waals surface area contributed by atoms with Crippen LogP contribution in [0.1, 0.15) is 5.82 Å². The Kier molecular flexibility index (Phi) is 4.72. The van der Waals surface area contributed by atoms with E-state index in [1.165, 1.54) is 18.3 Å². The van der Waals surface area contributed by atoms with Crippen molar-refractivity contribution >= 4 is 23.3 Å². The highest BCUT2D eigenvalue weighted by molar-refractivity contribution is 6.32. The van der Waals surface area contributed by atoms with E-state index in [-0.39, 0.29) is 17.5 Å². The number of amides is 2. The fourth-order valence-corrected chi connectivity index (χ4v) is 2.20. The zero-order chi connectivity index (χ0) is 16.9. The highest BCUT2D eigenvalue weighted by atomic mass is 35.5. The first-order valence-electron chi connectivity index (χ1n) is 7.07. The average molecular weight is 346 g/mol. The van der Waals surface area contributed by atoms with E-state index in [0.29, 0.717) is 11.5 Å². The number of rotatable bonds is 4. The molecule has 0 bridgehead atoms. The Bertz CT molecular complexity index is 850. The highest BCUT2D eigenvalue weighted by Gasteiger charge is 2.08. The molecule has 0 saturated heterocycles. The maximum absolute atomic E-state index is 12.9. The van der Waals surface area contributed by atoms with Crippen LogP contribution in [0.15, 0.2) is 48.8 Å². The standard InChI is InChI=1S/C16H13ClFN5O/c17-15-12(2-1-7-19-15)23-16(24)21-9-14-20-8-13(22-14)10-3-5-11(18)6-4-10/h1-8H,9H2,(H,20,22)(H2,21,23,24). The zero-order valence-electron chi connectivity index (χ0n) is 12.4. The van der Waals surface area contributed by atoms with E-state index in [9.17, 15) is 9.18 Å². The van der Waals surface area contributed by atoms with Gasteiger partial charge in [0, 0.05) is 6.20 Å². The lowest BCUT2D eigenvalue weighted by molar-refractivity contribution is 0.251. The highest BCUT2D eigenvalue weighted by Crippen LogP contribution is 2.18. The average Bonchev–Trinajstić information content (AvgIpc) is 3.05. The van der Waals surface area contributed by atoms with E-state index in [1.807, 2.05) is 0 Å². The van der Waals surface area contributed by atoms with Crippen LogP contribution in [0.25, 0.3) is 11.3 Å². The van der Waals surface area contributed by atoms with Gasteiger partial charge in [0.1, 0.15) is 11.6 Å². The third-order valence-corrected chi connectivity index (χ3v) is 3.51. The van der Waals surface area contributed by atoms with E-state index in [4.69, 9.17) is 11.6 Å². The fraction of sp³-hybridized carbons (Fsp3) is 0.0625. The van der Waals surface area contributed by atoms with E-state index in [0.717, 1.165) is 11.3 Å². The minimum atomic E-state index is -0.426. The monoisotopic (exact) mass is 345 g/mol. The first-order valence-corrected chi connectivity index (χ1v) is 7.45. The number of H-pyrrole nitrogens is 1. The molecule has 3 rings (SSSR count). The molecule has 0 atom stereocenters. The summed E-state index contributed by atoms with van der Waals surface area (Å²) in [7, 11) is 0. The maximum atomic E-state index is 12.9. The van der Waals surface area contributed by atoms with Gasteiger partial charge >= 0.3 is 6.03 Å². The molecule has 0 aliphatic carbocycles. The second-order valence-electron chi connectivity index (χ2n) is 4.90. The Hall–Kier alpha value is -2.93. The minimum absolute atomic E-state index is 0.199. The van der Waals surface area contributed by atoms with Crippen LogP contribution in [0.3, 0.4) is 0 Å². The Morgan fingerprint density at radius 2 is 2.00 bits per heavy atom. The third kappa shape index (κ3) is 3.88. The molecule has 0 aliphatic heterocycles. The van der Waals surface area contributed by atoms with Gasteiger partial charge < -0.3 is 15.6 Å². The van der Waals surface area contributed by atoms with Crippen LogP contribution in [0.4, 0.5) is 14.9 Å². The van der Waals surface area contributed by atoms with Crippen molar-refractivity contribution in [3.05, 3.63) is 65.6 Å². The van der Waals surface area contributed by atoms with Crippen LogP contribution >= 0.6 is 11.6 Å². The lowest BCUT2D eigenvalue weighted by Crippen LogP contribution is -2.28. The number of pyridine rings is 1. The summed E-state index contributed by atoms with van der Waals surface area (Å²) in [6.07, 6.45) is 3.16. The maximum Gasteiger partial charge on any atom is 0.319 e. The predicted molar refractivity (Wildman–Crippen MR) is 89.1 cm³/mol. The number of halogens is 2. The number of hydrogen-bond donors (Lipinski definition) is 3. The van der Waals surface area contributed by atoms with Crippen molar-refractivity contribution in [2.75, 3.05) is 5.32 Å². The topological polar surface area (TPSA) is 82.7 Å². The van der Waals surface area contributed by atoms with Crippen LogP contribution in [0.5, 0.6) is 0 Å². The zero-order valence-corrected chi connectivity index (χ0v) is 13.1. The summed E-state index contributed by atoms with van der Waals surface area (Å²) in [5.74, 6) is 0.271. The van der Waals surface area contributed by atoms with Crippen molar-refractivity contribution in [1.29, 1.82) is 0 Å². The normalized spacial score (nSPS) is 10.4. The van der Waals surface area contributed by atoms with Crippen molar-refractivity contribution in [2.24, 2.45) is 0 Å². The van der Waals surface area contributed by atoms with Gasteiger partial charge in [-0.2, -0.15) is 0 Å². The van der Waals surface area contributed by atoms with Crippen LogP contribution in [-0.2, 0) is 6.54 Å². The molecular formula is C16H13ClFN5O. The van der Waals surface area contributed by atoms with Gasteiger partial charge in [-0.3, -0.25) is 0 Å². The Labute approximate surface area is 142 Å². The van der Waals surface area contributed by atoms with E-state index in [2.05, 4.69) is 25.6 Å². The lowest BCUT2D eigenvalue weighted by atomic mass is 10.2. The van der Waals surface area contributed by atoms with Crippen molar-refractivity contribution in [3.8, 4) is 11.3 Å². The summed E-state index contributed by atoms with van der Waals surface area (Å²) in [6, 6.07) is 8.94. The molecule has 0 aliphatic rings. The van der Waals surface area contributed by atoms with Gasteiger partial charge in [0.15, 0.2) is 5.15 Å². The molecule has 122 valence electrons. The number of nitrogens with one attached hydrogen (secondary N) is 3. The summed E-state index contributed by atoms with van der Waals surface area (Å²) in [6.45, 7) is 0.199. The van der Waals surface area contributed by atoms with Crippen LogP contribution in [0.2, 0.25) is 5.15 Å². The Morgan fingerprint density at radius 3 is 2.75 bits per heavy atom. The van der Waals surface area contributed by atoms with E-state index in [1.54, 1.807) is 30.5 Å². The summed E-state index contributed by atoms with van der Waals surface area (Å²) >= 11 is 5.87. The van der Waals surface area contributed by atoms with Crippen molar-refractivity contribution in [1.82, 2.24) is 20.3 Å². The molecule has 6 nitrogen and oxygen atoms in total. The number of urea groups is 1. The number of carbonyl (C=O) groups excluding carboxylic acids is 1. The first-order chi connectivity index (χ1) is 11.6. The van der Waals surface area contributed by atoms with Gasteiger partial charge in [-0.25, -0.2) is 19.2 Å². The molecule has 2 aromatic heterocycles. The van der Waals surface area contributed by atoms with Crippen LogP contribution in [0, 0.1) is 5.82 Å². The van der Waals surface area contributed by atoms with Crippen molar-refractivity contribution < 1.29 is 9.18 Å². The van der Waals surface area contributed by atoms with Gasteiger partial charge in [0.25, 0.3) is 0 Å². The summed E-state index contributed by atoms with van der Waals surface area (Å²) in [5, 5.41) is 5.47. The van der Waals surface area contributed by atoms with Crippen LogP contribution < -0.4 is 10.6 Å². The lowest BCUT2D eigenvalue weighted by Gasteiger charge is -2.07. The molecule has 0 fully saturated rings. The van der Waals surface area contributed by atoms with Gasteiger partial charge in [0.05, 0.1) is 24.1 Å². The number of aromatic nitrogens is 3. The Morgan fingerprint density at radius 1 is 1.21 bits per heavy atom. The molecule has 0 unspecified atom stereocenters. The van der Waals surface area contributed by atoms with Crippen molar-refractivity contribution in [3.63, 3.8) is 0 Å². The van der Waals surface area contributed by atoms with Crippen molar-refractivity contribution in [2.45, 2.75) is 6.54 Å². The van der Waals surface area contributed by atoms with Gasteiger partial charge in [-0.1, -0.05) is 11.6 Å². The number of benzene rings is 1. The quantitative estimate of drug-likeness (QED) is 0.632. The minimum Gasteiger partial charge on any atom is -0.341 e. The fourth-order valence-electron chi connectivity index (χ4n) is 2.04. The van der Waals surface area contributed by atoms with E-state index < -0.39 is 6.03 Å². The van der Waals surface area contributed by atoms with Gasteiger partial charge in [0.2, 0.25) is 0 Å². The largest absolute Gasteiger partial charge is 0.341 e. The number of imidazole rings is 1. The van der Waals surface area contributed by atoms with Gasteiger partial charge in [-0.15, -0.1) is 0 Å². The Balaban J connectivity index is 1.58. The second kappa shape index (κ2) is 7.10. The molecule has 8 heteroatoms. The SMILES string of the molecule is O=C(NCc1ncc(-c2ccc(F)cc2)[nH]1)Nc1cccnc1Cl. The van der Waals surface area contributed by atoms with Gasteiger partial charge in [-0.05, 0) is 42.0 Å². The summed E-state index contributed by atoms with van der Waals surface area (Å²) in [5.41, 5.74) is 1.97. The molecule has 0 spiro atoms. The molecule has 1 aromatic carbocycles. The first kappa shape index (κ1) is 15.9. The van der Waals surface area contributed by atoms with E-state index >= 15 is 0 Å². The molecule has 3 N–H and O–H groups in total. The third-order valence-electron chi connectivity index (χ3n) is 3.21.